The second-order valence-corrected chi connectivity index (χ2v) is 6.76. The van der Waals surface area contributed by atoms with Gasteiger partial charge in [-0.05, 0) is 52.0 Å². The lowest BCUT2D eigenvalue weighted by atomic mass is 10.1. The fourth-order valence-corrected chi connectivity index (χ4v) is 2.37. The molecule has 0 aliphatic heterocycles. The van der Waals surface area contributed by atoms with Crippen LogP contribution in [-0.2, 0) is 4.79 Å². The van der Waals surface area contributed by atoms with Crippen molar-refractivity contribution in [2.24, 2.45) is 0 Å². The number of carbonyl (C=O) groups excluding carboxylic acids is 2. The number of likely N-dealkylation sites (N-methyl/N-ethyl adjacent to an activating group) is 1. The van der Waals surface area contributed by atoms with Crippen LogP contribution >= 0.6 is 0 Å². The van der Waals surface area contributed by atoms with Crippen molar-refractivity contribution >= 4 is 11.8 Å². The highest BCUT2D eigenvalue weighted by Crippen LogP contribution is 2.25. The summed E-state index contributed by atoms with van der Waals surface area (Å²) in [5.74, 6) is -0.731. The van der Waals surface area contributed by atoms with E-state index >= 15 is 0 Å². The minimum absolute atomic E-state index is 0.0671. The van der Waals surface area contributed by atoms with Crippen molar-refractivity contribution in [2.45, 2.75) is 33.2 Å². The third kappa shape index (κ3) is 4.92. The highest BCUT2D eigenvalue weighted by atomic mass is 19.1. The van der Waals surface area contributed by atoms with Crippen LogP contribution in [0.3, 0.4) is 0 Å². The molecule has 0 radical (unpaired) electrons. The van der Waals surface area contributed by atoms with E-state index in [1.165, 1.54) is 17.0 Å². The van der Waals surface area contributed by atoms with Crippen molar-refractivity contribution in [2.75, 3.05) is 13.1 Å². The molecule has 1 N–H and O–H groups in total. The van der Waals surface area contributed by atoms with E-state index in [0.717, 1.165) is 0 Å². The maximum absolute atomic E-state index is 13.8. The van der Waals surface area contributed by atoms with Crippen LogP contribution in [0.25, 0.3) is 11.3 Å². The molecule has 2 rings (SSSR count). The Morgan fingerprint density at radius 2 is 1.84 bits per heavy atom. The van der Waals surface area contributed by atoms with Gasteiger partial charge in [-0.3, -0.25) is 9.59 Å². The van der Waals surface area contributed by atoms with Gasteiger partial charge in [-0.25, -0.2) is 4.39 Å². The Kier molecular flexibility index (Phi) is 5.62. The highest BCUT2D eigenvalue weighted by Gasteiger charge is 2.23. The van der Waals surface area contributed by atoms with Crippen molar-refractivity contribution in [3.8, 4) is 11.3 Å². The third-order valence-electron chi connectivity index (χ3n) is 3.47. The molecule has 6 heteroatoms. The van der Waals surface area contributed by atoms with Gasteiger partial charge in [-0.15, -0.1) is 0 Å². The summed E-state index contributed by atoms with van der Waals surface area (Å²) in [5.41, 5.74) is -0.0857. The average Bonchev–Trinajstić information content (AvgIpc) is 3.00. The molecule has 0 saturated heterocycles. The van der Waals surface area contributed by atoms with Gasteiger partial charge in [0.05, 0.1) is 12.1 Å². The van der Waals surface area contributed by atoms with E-state index in [4.69, 9.17) is 4.42 Å². The number of benzene rings is 1. The monoisotopic (exact) mass is 346 g/mol. The lowest BCUT2D eigenvalue weighted by Crippen LogP contribution is -2.47. The quantitative estimate of drug-likeness (QED) is 0.902. The van der Waals surface area contributed by atoms with Crippen molar-refractivity contribution < 1.29 is 18.4 Å². The first-order valence-electron chi connectivity index (χ1n) is 8.16. The van der Waals surface area contributed by atoms with Crippen LogP contribution in [0.4, 0.5) is 4.39 Å². The Morgan fingerprint density at radius 3 is 2.44 bits per heavy atom. The van der Waals surface area contributed by atoms with E-state index in [9.17, 15) is 14.0 Å². The molecule has 1 aromatic carbocycles. The van der Waals surface area contributed by atoms with Crippen LogP contribution in [0.15, 0.2) is 40.8 Å². The predicted octanol–water partition coefficient (Wildman–Crippen LogP) is 3.46. The molecule has 2 aromatic rings. The molecule has 5 nitrogen and oxygen atoms in total. The molecule has 25 heavy (non-hydrogen) atoms. The van der Waals surface area contributed by atoms with Gasteiger partial charge in [-0.1, -0.05) is 12.1 Å². The van der Waals surface area contributed by atoms with E-state index in [1.807, 2.05) is 20.8 Å². The number of amides is 2. The fourth-order valence-electron chi connectivity index (χ4n) is 2.37. The Hall–Kier alpha value is -2.63. The molecule has 0 spiro atoms. The van der Waals surface area contributed by atoms with Gasteiger partial charge < -0.3 is 14.6 Å². The number of hydrogen-bond acceptors (Lipinski definition) is 3. The second kappa shape index (κ2) is 7.51. The molecule has 0 fully saturated rings. The van der Waals surface area contributed by atoms with Crippen LogP contribution in [-0.4, -0.2) is 35.3 Å². The molecule has 0 saturated carbocycles. The second-order valence-electron chi connectivity index (χ2n) is 6.76. The molecular formula is C19H23FN2O3. The summed E-state index contributed by atoms with van der Waals surface area (Å²) in [4.78, 5) is 26.0. The number of hydrogen-bond donors (Lipinski definition) is 1. The summed E-state index contributed by atoms with van der Waals surface area (Å²) in [6, 6.07) is 9.23. The molecule has 2 amide bonds. The van der Waals surface area contributed by atoms with Gasteiger partial charge in [-0.2, -0.15) is 0 Å². The van der Waals surface area contributed by atoms with E-state index in [2.05, 4.69) is 5.32 Å². The molecule has 0 aliphatic rings. The Labute approximate surface area is 146 Å². The summed E-state index contributed by atoms with van der Waals surface area (Å²) in [5, 5.41) is 2.82. The largest absolute Gasteiger partial charge is 0.451 e. The third-order valence-corrected chi connectivity index (χ3v) is 3.47. The summed E-state index contributed by atoms with van der Waals surface area (Å²) in [7, 11) is 0. The van der Waals surface area contributed by atoms with E-state index in [0.29, 0.717) is 6.54 Å². The zero-order chi connectivity index (χ0) is 18.6. The number of rotatable bonds is 5. The average molecular weight is 346 g/mol. The molecule has 0 atom stereocenters. The molecule has 0 aliphatic carbocycles. The molecule has 1 aromatic heterocycles. The fraction of sp³-hybridized carbons (Fsp3) is 0.368. The first kappa shape index (κ1) is 18.7. The van der Waals surface area contributed by atoms with E-state index < -0.39 is 11.7 Å². The summed E-state index contributed by atoms with van der Waals surface area (Å²) >= 11 is 0. The number of furan rings is 1. The number of nitrogens with zero attached hydrogens (tertiary/aromatic N) is 1. The molecule has 0 bridgehead atoms. The van der Waals surface area contributed by atoms with Crippen molar-refractivity contribution in [3.05, 3.63) is 48.0 Å². The summed E-state index contributed by atoms with van der Waals surface area (Å²) in [6.07, 6.45) is 0. The maximum Gasteiger partial charge on any atom is 0.290 e. The van der Waals surface area contributed by atoms with E-state index in [-0.39, 0.29) is 35.1 Å². The Morgan fingerprint density at radius 1 is 1.16 bits per heavy atom. The Balaban J connectivity index is 2.14. The molecular weight excluding hydrogens is 323 g/mol. The van der Waals surface area contributed by atoms with Crippen LogP contribution in [0.5, 0.6) is 0 Å². The molecule has 0 unspecified atom stereocenters. The molecule has 1 heterocycles. The number of nitrogens with one attached hydrogen (secondary N) is 1. The smallest absolute Gasteiger partial charge is 0.290 e. The standard InChI is InChI=1S/C19H23FN2O3/c1-5-22(12-17(23)21-19(2,3)4)18(24)16-11-10-15(25-16)13-8-6-7-9-14(13)20/h6-11H,5,12H2,1-4H3,(H,21,23). The highest BCUT2D eigenvalue weighted by molar-refractivity contribution is 5.94. The van der Waals surface area contributed by atoms with Crippen molar-refractivity contribution in [1.82, 2.24) is 10.2 Å². The minimum Gasteiger partial charge on any atom is -0.451 e. The SMILES string of the molecule is CCN(CC(=O)NC(C)(C)C)C(=O)c1ccc(-c2ccccc2F)o1. The number of carbonyl (C=O) groups is 2. The topological polar surface area (TPSA) is 62.6 Å². The number of halogens is 1. The molecule has 134 valence electrons. The van der Waals surface area contributed by atoms with Gasteiger partial charge in [0, 0.05) is 12.1 Å². The van der Waals surface area contributed by atoms with Crippen molar-refractivity contribution in [1.29, 1.82) is 0 Å². The Bertz CT molecular complexity index is 762. The zero-order valence-corrected chi connectivity index (χ0v) is 14.9. The van der Waals surface area contributed by atoms with Crippen LogP contribution in [0, 0.1) is 5.82 Å². The van der Waals surface area contributed by atoms with Crippen LogP contribution in [0.1, 0.15) is 38.2 Å². The van der Waals surface area contributed by atoms with Gasteiger partial charge >= 0.3 is 0 Å². The first-order valence-corrected chi connectivity index (χ1v) is 8.16. The minimum atomic E-state index is -0.423. The lowest BCUT2D eigenvalue weighted by Gasteiger charge is -2.24. The predicted molar refractivity (Wildman–Crippen MR) is 93.6 cm³/mol. The zero-order valence-electron chi connectivity index (χ0n) is 14.9. The summed E-state index contributed by atoms with van der Waals surface area (Å²) in [6.45, 7) is 7.68. The van der Waals surface area contributed by atoms with Crippen molar-refractivity contribution in [3.63, 3.8) is 0 Å². The van der Waals surface area contributed by atoms with Gasteiger partial charge in [0.25, 0.3) is 5.91 Å². The van der Waals surface area contributed by atoms with Gasteiger partial charge in [0.1, 0.15) is 11.6 Å². The maximum atomic E-state index is 13.8. The van der Waals surface area contributed by atoms with Gasteiger partial charge in [0.2, 0.25) is 5.91 Å². The normalized spacial score (nSPS) is 11.2. The van der Waals surface area contributed by atoms with Crippen LogP contribution in [0.2, 0.25) is 0 Å². The van der Waals surface area contributed by atoms with Gasteiger partial charge in [0.15, 0.2) is 5.76 Å². The van der Waals surface area contributed by atoms with E-state index in [1.54, 1.807) is 31.2 Å². The van der Waals surface area contributed by atoms with Crippen LogP contribution < -0.4 is 5.32 Å². The summed E-state index contributed by atoms with van der Waals surface area (Å²) < 4.78 is 19.3. The lowest BCUT2D eigenvalue weighted by molar-refractivity contribution is -0.123. The first-order chi connectivity index (χ1) is 11.7.